The molecular weight excluding hydrogens is 308 g/mol. The lowest BCUT2D eigenvalue weighted by Crippen LogP contribution is -2.36. The van der Waals surface area contributed by atoms with Crippen LogP contribution >= 0.6 is 0 Å². The number of carbonyl (C=O) groups is 1. The molecule has 0 aliphatic heterocycles. The van der Waals surface area contributed by atoms with Crippen LogP contribution in [-0.2, 0) is 0 Å². The van der Waals surface area contributed by atoms with Gasteiger partial charge in [-0.3, -0.25) is 9.69 Å². The molecule has 124 valence electrons. The molecule has 1 N–H and O–H groups in total. The molecule has 0 spiro atoms. The number of benzene rings is 1. The van der Waals surface area contributed by atoms with Crippen molar-refractivity contribution in [1.29, 1.82) is 0 Å². The highest BCUT2D eigenvalue weighted by Crippen LogP contribution is 2.18. The van der Waals surface area contributed by atoms with Gasteiger partial charge >= 0.3 is 5.63 Å². The predicted octanol–water partition coefficient (Wildman–Crippen LogP) is 2.42. The van der Waals surface area contributed by atoms with Crippen molar-refractivity contribution in [3.8, 4) is 0 Å². The summed E-state index contributed by atoms with van der Waals surface area (Å²) in [5, 5.41) is 3.48. The van der Waals surface area contributed by atoms with Crippen molar-refractivity contribution in [2.75, 3.05) is 20.6 Å². The number of fused-ring (bicyclic) bond motifs is 1. The van der Waals surface area contributed by atoms with E-state index in [-0.39, 0.29) is 11.6 Å². The van der Waals surface area contributed by atoms with E-state index in [0.29, 0.717) is 17.5 Å². The molecule has 0 saturated heterocycles. The van der Waals surface area contributed by atoms with Gasteiger partial charge < -0.3 is 14.2 Å². The van der Waals surface area contributed by atoms with Gasteiger partial charge in [-0.05, 0) is 38.4 Å². The maximum atomic E-state index is 12.4. The zero-order valence-corrected chi connectivity index (χ0v) is 13.5. The highest BCUT2D eigenvalue weighted by Gasteiger charge is 2.20. The van der Waals surface area contributed by atoms with E-state index in [1.54, 1.807) is 36.6 Å². The van der Waals surface area contributed by atoms with Crippen molar-refractivity contribution in [3.63, 3.8) is 0 Å². The zero-order chi connectivity index (χ0) is 17.1. The van der Waals surface area contributed by atoms with Crippen LogP contribution in [0.5, 0.6) is 0 Å². The molecular formula is C18H18N2O4. The standard InChI is InChI=1S/C18H18N2O4/c1-20(2)14(16-8-5-9-23-16)11-19-17(21)13-10-12-6-3-4-7-15(12)24-18(13)22/h3-10,14H,11H2,1-2H3,(H,19,21)/t14-/m0/s1. The van der Waals surface area contributed by atoms with Crippen LogP contribution in [-0.4, -0.2) is 31.4 Å². The predicted molar refractivity (Wildman–Crippen MR) is 90.0 cm³/mol. The molecule has 3 aromatic rings. The molecule has 1 amide bonds. The van der Waals surface area contributed by atoms with Crippen LogP contribution in [0.3, 0.4) is 0 Å². The fourth-order valence-electron chi connectivity index (χ4n) is 2.52. The smallest absolute Gasteiger partial charge is 0.349 e. The normalized spacial score (nSPS) is 12.5. The monoisotopic (exact) mass is 326 g/mol. The molecule has 2 aromatic heterocycles. The van der Waals surface area contributed by atoms with Gasteiger partial charge in [0.15, 0.2) is 0 Å². The van der Waals surface area contributed by atoms with Crippen molar-refractivity contribution in [1.82, 2.24) is 10.2 Å². The second-order valence-corrected chi connectivity index (χ2v) is 5.69. The summed E-state index contributed by atoms with van der Waals surface area (Å²) in [4.78, 5) is 26.3. The van der Waals surface area contributed by atoms with E-state index in [4.69, 9.17) is 8.83 Å². The van der Waals surface area contributed by atoms with Gasteiger partial charge in [0.2, 0.25) is 0 Å². The minimum Gasteiger partial charge on any atom is -0.468 e. The molecule has 0 unspecified atom stereocenters. The van der Waals surface area contributed by atoms with Gasteiger partial charge in [0.25, 0.3) is 5.91 Å². The Morgan fingerprint density at radius 3 is 2.71 bits per heavy atom. The molecule has 6 heteroatoms. The largest absolute Gasteiger partial charge is 0.468 e. The molecule has 0 bridgehead atoms. The second-order valence-electron chi connectivity index (χ2n) is 5.69. The van der Waals surface area contributed by atoms with Crippen LogP contribution in [0.4, 0.5) is 0 Å². The Balaban J connectivity index is 1.80. The Morgan fingerprint density at radius 1 is 1.21 bits per heavy atom. The van der Waals surface area contributed by atoms with Gasteiger partial charge in [-0.25, -0.2) is 4.79 Å². The lowest BCUT2D eigenvalue weighted by Gasteiger charge is -2.22. The third kappa shape index (κ3) is 3.23. The van der Waals surface area contributed by atoms with E-state index in [2.05, 4.69) is 5.32 Å². The highest BCUT2D eigenvalue weighted by molar-refractivity contribution is 5.96. The molecule has 1 atom stereocenters. The summed E-state index contributed by atoms with van der Waals surface area (Å²) in [6, 6.07) is 12.1. The average Bonchev–Trinajstić information content (AvgIpc) is 3.08. The number of para-hydroxylation sites is 1. The van der Waals surface area contributed by atoms with Gasteiger partial charge in [0.1, 0.15) is 16.9 Å². The number of carbonyl (C=O) groups excluding carboxylic acids is 1. The summed E-state index contributed by atoms with van der Waals surface area (Å²) in [5.41, 5.74) is -0.197. The van der Waals surface area contributed by atoms with E-state index < -0.39 is 11.5 Å². The SMILES string of the molecule is CN(C)[C@@H](CNC(=O)c1cc2ccccc2oc1=O)c1ccco1. The minimum absolute atomic E-state index is 0.00866. The number of hydrogen-bond donors (Lipinski definition) is 1. The number of likely N-dealkylation sites (N-methyl/N-ethyl adjacent to an activating group) is 1. The van der Waals surface area contributed by atoms with Crippen molar-refractivity contribution < 1.29 is 13.6 Å². The Morgan fingerprint density at radius 2 is 2.00 bits per heavy atom. The maximum absolute atomic E-state index is 12.4. The number of hydrogen-bond acceptors (Lipinski definition) is 5. The molecule has 2 heterocycles. The summed E-state index contributed by atoms with van der Waals surface area (Å²) in [6.45, 7) is 0.311. The Kier molecular flexibility index (Phi) is 4.48. The van der Waals surface area contributed by atoms with Crippen LogP contribution in [0.2, 0.25) is 0 Å². The molecule has 0 saturated carbocycles. The van der Waals surface area contributed by atoms with E-state index in [9.17, 15) is 9.59 Å². The Hall–Kier alpha value is -2.86. The van der Waals surface area contributed by atoms with Gasteiger partial charge in [-0.1, -0.05) is 18.2 Å². The topological polar surface area (TPSA) is 75.7 Å². The van der Waals surface area contributed by atoms with Gasteiger partial charge in [-0.2, -0.15) is 0 Å². The van der Waals surface area contributed by atoms with Crippen LogP contribution < -0.4 is 10.9 Å². The third-order valence-corrected chi connectivity index (χ3v) is 3.84. The second kappa shape index (κ2) is 6.72. The molecule has 1 aromatic carbocycles. The first-order valence-corrected chi connectivity index (χ1v) is 7.57. The van der Waals surface area contributed by atoms with Crippen LogP contribution in [0.25, 0.3) is 11.0 Å². The quantitative estimate of drug-likeness (QED) is 0.729. The fourth-order valence-corrected chi connectivity index (χ4v) is 2.52. The summed E-state index contributed by atoms with van der Waals surface area (Å²) < 4.78 is 10.6. The Labute approximate surface area is 138 Å². The summed E-state index contributed by atoms with van der Waals surface area (Å²) in [5.74, 6) is 0.277. The zero-order valence-electron chi connectivity index (χ0n) is 13.5. The van der Waals surface area contributed by atoms with E-state index in [0.717, 1.165) is 5.76 Å². The van der Waals surface area contributed by atoms with Crippen LogP contribution in [0, 0.1) is 0 Å². The molecule has 0 radical (unpaired) electrons. The molecule has 24 heavy (non-hydrogen) atoms. The van der Waals surface area contributed by atoms with Crippen molar-refractivity contribution in [2.24, 2.45) is 0 Å². The first-order valence-electron chi connectivity index (χ1n) is 7.57. The summed E-state index contributed by atoms with van der Waals surface area (Å²) in [6.07, 6.45) is 1.59. The van der Waals surface area contributed by atoms with Crippen molar-refractivity contribution >= 4 is 16.9 Å². The minimum atomic E-state index is -0.648. The van der Waals surface area contributed by atoms with Gasteiger partial charge in [-0.15, -0.1) is 0 Å². The number of rotatable bonds is 5. The van der Waals surface area contributed by atoms with E-state index >= 15 is 0 Å². The number of nitrogens with one attached hydrogen (secondary N) is 1. The fraction of sp³-hybridized carbons (Fsp3) is 0.222. The van der Waals surface area contributed by atoms with Crippen LogP contribution in [0.1, 0.15) is 22.2 Å². The highest BCUT2D eigenvalue weighted by atomic mass is 16.4. The molecule has 0 fully saturated rings. The summed E-state index contributed by atoms with van der Waals surface area (Å²) in [7, 11) is 3.79. The number of amides is 1. The maximum Gasteiger partial charge on any atom is 0.349 e. The number of furan rings is 1. The summed E-state index contributed by atoms with van der Waals surface area (Å²) >= 11 is 0. The lowest BCUT2D eigenvalue weighted by atomic mass is 10.1. The van der Waals surface area contributed by atoms with Crippen LogP contribution in [0.15, 0.2) is 62.4 Å². The number of nitrogens with zero attached hydrogens (tertiary/aromatic N) is 1. The molecule has 0 aliphatic rings. The van der Waals surface area contributed by atoms with Gasteiger partial charge in [0.05, 0.1) is 12.3 Å². The molecule has 6 nitrogen and oxygen atoms in total. The van der Waals surface area contributed by atoms with E-state index in [1.165, 1.54) is 0 Å². The molecule has 3 rings (SSSR count). The lowest BCUT2D eigenvalue weighted by molar-refractivity contribution is 0.0935. The Bertz CT molecular complexity index is 897. The average molecular weight is 326 g/mol. The van der Waals surface area contributed by atoms with Gasteiger partial charge in [0, 0.05) is 11.9 Å². The molecule has 0 aliphatic carbocycles. The van der Waals surface area contributed by atoms with E-state index in [1.807, 2.05) is 31.1 Å². The third-order valence-electron chi connectivity index (χ3n) is 3.84. The van der Waals surface area contributed by atoms with Crippen molar-refractivity contribution in [3.05, 3.63) is 70.5 Å². The first kappa shape index (κ1) is 16.0. The van der Waals surface area contributed by atoms with Crippen molar-refractivity contribution in [2.45, 2.75) is 6.04 Å². The first-order chi connectivity index (χ1) is 11.6.